The first kappa shape index (κ1) is 39.7. The Morgan fingerprint density at radius 3 is 1.23 bits per heavy atom. The van der Waals surface area contributed by atoms with E-state index < -0.39 is 17.0 Å². The highest BCUT2D eigenvalue weighted by atomic mass is 32.2. The number of hydrogen-bond donors (Lipinski definition) is 0. The van der Waals surface area contributed by atoms with Gasteiger partial charge in [-0.15, -0.1) is 0 Å². The molecular formula is C58H35N2O3PS. The Morgan fingerprint density at radius 1 is 0.462 bits per heavy atom. The summed E-state index contributed by atoms with van der Waals surface area (Å²) in [4.78, 5) is 3.39. The van der Waals surface area contributed by atoms with E-state index in [-0.39, 0.29) is 15.5 Å². The maximum atomic E-state index is 16.1. The van der Waals surface area contributed by atoms with Crippen LogP contribution in [0.3, 0.4) is 0 Å². The molecule has 0 radical (unpaired) electrons. The molecule has 12 rings (SSSR count). The Kier molecular flexibility index (Phi) is 9.53. The molecule has 0 atom stereocenters. The molecule has 0 saturated carbocycles. The van der Waals surface area contributed by atoms with Crippen molar-refractivity contribution in [1.29, 1.82) is 5.26 Å². The molecule has 7 heteroatoms. The molecule has 0 amide bonds. The van der Waals surface area contributed by atoms with E-state index in [0.29, 0.717) is 16.7 Å². The van der Waals surface area contributed by atoms with Gasteiger partial charge in [-0.1, -0.05) is 188 Å². The van der Waals surface area contributed by atoms with Crippen molar-refractivity contribution >= 4 is 107 Å². The van der Waals surface area contributed by atoms with Gasteiger partial charge in [0.2, 0.25) is 9.84 Å². The normalized spacial score (nSPS) is 13.7. The number of sulfone groups is 1. The van der Waals surface area contributed by atoms with Gasteiger partial charge >= 0.3 is 0 Å². The van der Waals surface area contributed by atoms with Crippen molar-refractivity contribution in [2.24, 2.45) is 0 Å². The summed E-state index contributed by atoms with van der Waals surface area (Å²) in [6, 6.07) is 68.3. The van der Waals surface area contributed by atoms with Crippen molar-refractivity contribution in [2.45, 2.75) is 0 Å². The van der Waals surface area contributed by atoms with E-state index >= 15 is 4.57 Å². The minimum Gasteiger partial charge on any atom is -0.309 e. The highest BCUT2D eigenvalue weighted by Crippen LogP contribution is 2.49. The summed E-state index contributed by atoms with van der Waals surface area (Å²) in [6.45, 7) is 7.17. The van der Waals surface area contributed by atoms with E-state index in [1.807, 2.05) is 36.4 Å². The van der Waals surface area contributed by atoms with E-state index in [2.05, 4.69) is 114 Å². The van der Waals surface area contributed by atoms with Gasteiger partial charge < -0.3 is 4.57 Å². The van der Waals surface area contributed by atoms with Crippen LogP contribution in [0.25, 0.3) is 79.3 Å². The van der Waals surface area contributed by atoms with Crippen LogP contribution in [0.2, 0.25) is 0 Å². The van der Waals surface area contributed by atoms with Crippen LogP contribution in [-0.2, 0) is 14.4 Å². The lowest BCUT2D eigenvalue weighted by Gasteiger charge is -2.25. The Labute approximate surface area is 375 Å². The van der Waals surface area contributed by atoms with Crippen molar-refractivity contribution in [2.75, 3.05) is 0 Å². The molecule has 65 heavy (non-hydrogen) atoms. The highest BCUT2D eigenvalue weighted by Gasteiger charge is 2.34. The van der Waals surface area contributed by atoms with E-state index in [1.165, 1.54) is 66.0 Å². The second-order valence-corrected chi connectivity index (χ2v) is 20.7. The molecule has 0 bridgehead atoms. The first-order valence-electron chi connectivity index (χ1n) is 21.1. The Bertz CT molecular complexity index is 3790. The summed E-state index contributed by atoms with van der Waals surface area (Å²) >= 11 is 0. The molecule has 1 heterocycles. The number of nitriles is 1. The van der Waals surface area contributed by atoms with Crippen molar-refractivity contribution < 1.29 is 13.0 Å². The van der Waals surface area contributed by atoms with Gasteiger partial charge in [-0.25, -0.2) is 18.5 Å². The maximum absolute atomic E-state index is 16.1. The topological polar surface area (TPSA) is 79.4 Å². The number of rotatable bonds is 5. The average Bonchev–Trinajstić information content (AvgIpc) is 3.36. The quantitative estimate of drug-likeness (QED) is 0.0747. The fourth-order valence-electron chi connectivity index (χ4n) is 9.61. The standard InChI is InChI=1S/C38H23OP.C20H12N2O2S/c39-40(30-10-2-1-3-11-30,33-22-18-28-14-12-24-6-4-8-26-16-20-31(33)37(28)35(24)26)34-23-19-29-15-13-25-7-5-9-27-17-21-32(34)38(29)36(25)27;1-22-18(14-21)17-12-19(15-8-4-2-5-9-15)25(23,24)20(13-17)16-10-6-3-7-11-16/h1-23H;2-13H. The molecule has 0 spiro atoms. The second-order valence-electron chi connectivity index (χ2n) is 16.1. The zero-order valence-electron chi connectivity index (χ0n) is 34.7. The number of nitrogens with zero attached hydrogens (tertiary/aromatic N) is 2. The largest absolute Gasteiger partial charge is 0.309 e. The fraction of sp³-hybridized carbons (Fsp3) is 0. The molecule has 1 aliphatic rings. The zero-order valence-corrected chi connectivity index (χ0v) is 36.4. The molecule has 306 valence electrons. The van der Waals surface area contributed by atoms with Gasteiger partial charge in [-0.05, 0) is 106 Å². The van der Waals surface area contributed by atoms with Crippen LogP contribution in [0.4, 0.5) is 0 Å². The molecule has 1 aliphatic heterocycles. The van der Waals surface area contributed by atoms with E-state index in [9.17, 15) is 13.7 Å². The van der Waals surface area contributed by atoms with Crippen LogP contribution >= 0.6 is 7.14 Å². The third-order valence-corrected chi connectivity index (χ3v) is 17.6. The van der Waals surface area contributed by atoms with E-state index in [1.54, 1.807) is 60.7 Å². The minimum absolute atomic E-state index is 0.0841. The predicted octanol–water partition coefficient (Wildman–Crippen LogP) is 13.3. The van der Waals surface area contributed by atoms with Crippen LogP contribution in [0, 0.1) is 17.9 Å². The van der Waals surface area contributed by atoms with Crippen LogP contribution < -0.4 is 15.9 Å². The van der Waals surface area contributed by atoms with Crippen LogP contribution in [0.1, 0.15) is 11.1 Å². The fourth-order valence-corrected chi connectivity index (χ4v) is 14.3. The molecule has 0 aromatic heterocycles. The molecule has 0 saturated heterocycles. The lowest BCUT2D eigenvalue weighted by molar-refractivity contribution is 0.592. The van der Waals surface area contributed by atoms with Crippen molar-refractivity contribution in [3.8, 4) is 6.07 Å². The van der Waals surface area contributed by atoms with Crippen molar-refractivity contribution in [3.05, 3.63) is 246 Å². The maximum Gasteiger partial charge on any atom is 0.269 e. The van der Waals surface area contributed by atoms with E-state index in [0.717, 1.165) is 26.7 Å². The third-order valence-electron chi connectivity index (χ3n) is 12.6. The van der Waals surface area contributed by atoms with Gasteiger partial charge in [0.05, 0.1) is 22.5 Å². The molecule has 5 nitrogen and oxygen atoms in total. The molecule has 11 aromatic rings. The van der Waals surface area contributed by atoms with E-state index in [4.69, 9.17) is 6.57 Å². The summed E-state index contributed by atoms with van der Waals surface area (Å²) in [5.74, 6) is 0. The van der Waals surface area contributed by atoms with Crippen molar-refractivity contribution in [3.63, 3.8) is 0 Å². The number of hydrogen-bond acceptors (Lipinski definition) is 4. The summed E-state index contributed by atoms with van der Waals surface area (Å²) in [5.41, 5.74) is 1.19. The molecule has 0 aliphatic carbocycles. The molecular weight excluding hydrogens is 836 g/mol. The van der Waals surface area contributed by atoms with Gasteiger partial charge in [0.15, 0.2) is 7.14 Å². The molecule has 0 fully saturated rings. The lowest BCUT2D eigenvalue weighted by atomic mass is 9.94. The van der Waals surface area contributed by atoms with Crippen LogP contribution in [-0.4, -0.2) is 8.42 Å². The Hall–Kier alpha value is -8.12. The molecule has 0 unspecified atom stereocenters. The van der Waals surface area contributed by atoms with Gasteiger partial charge in [-0.2, -0.15) is 0 Å². The number of allylic oxidation sites excluding steroid dienone is 4. The second kappa shape index (κ2) is 15.6. The van der Waals surface area contributed by atoms with Crippen molar-refractivity contribution in [1.82, 2.24) is 0 Å². The third kappa shape index (κ3) is 6.35. The Balaban J connectivity index is 0.000000162. The average molecular weight is 871 g/mol. The summed E-state index contributed by atoms with van der Waals surface area (Å²) in [6.07, 6.45) is 2.79. The molecule has 11 aromatic carbocycles. The van der Waals surface area contributed by atoms with Crippen LogP contribution in [0.15, 0.2) is 224 Å². The minimum atomic E-state index is -3.78. The summed E-state index contributed by atoms with van der Waals surface area (Å²) < 4.78 is 42.4. The molecule has 0 N–H and O–H groups in total. The Morgan fingerprint density at radius 2 is 0.831 bits per heavy atom. The SMILES string of the molecule is O=P(c1ccccc1)(c1ccc2ccc3cccc4ccc1c2c34)c1ccc2ccc3cccc4ccc1c2c34.[C-]#[N+]C(C#N)=C1C=C(c2ccccc2)S(=O)(=O)C(c2ccccc2)=C1. The van der Waals surface area contributed by atoms with Gasteiger partial charge in [0, 0.05) is 15.9 Å². The van der Waals surface area contributed by atoms with Gasteiger partial charge in [0.25, 0.3) is 5.70 Å². The summed E-state index contributed by atoms with van der Waals surface area (Å²) in [7, 11) is -7.07. The first-order chi connectivity index (χ1) is 31.8. The highest BCUT2D eigenvalue weighted by molar-refractivity contribution is 8.09. The summed E-state index contributed by atoms with van der Waals surface area (Å²) in [5, 5.41) is 26.1. The van der Waals surface area contributed by atoms with Gasteiger partial charge in [-0.3, -0.25) is 0 Å². The van der Waals surface area contributed by atoms with Crippen LogP contribution in [0.5, 0.6) is 0 Å². The van der Waals surface area contributed by atoms with Gasteiger partial charge in [0.1, 0.15) is 0 Å². The monoisotopic (exact) mass is 870 g/mol. The smallest absolute Gasteiger partial charge is 0.269 e. The zero-order chi connectivity index (χ0) is 44.3. The first-order valence-corrected chi connectivity index (χ1v) is 24.3. The predicted molar refractivity (Wildman–Crippen MR) is 270 cm³/mol. The lowest BCUT2D eigenvalue weighted by Crippen LogP contribution is -2.26. The number of benzene rings is 11.